The largest absolute Gasteiger partial charge is 0.394 e. The summed E-state index contributed by atoms with van der Waals surface area (Å²) in [7, 11) is 0. The van der Waals surface area contributed by atoms with Gasteiger partial charge in [-0.05, 0) is 0 Å². The van der Waals surface area contributed by atoms with Gasteiger partial charge < -0.3 is 25.2 Å². The van der Waals surface area contributed by atoms with Gasteiger partial charge in [-0.2, -0.15) is 5.11 Å². The van der Waals surface area contributed by atoms with E-state index in [2.05, 4.69) is 4.74 Å². The lowest BCUT2D eigenvalue weighted by molar-refractivity contribution is -0.303. The zero-order valence-corrected chi connectivity index (χ0v) is 6.20. The van der Waals surface area contributed by atoms with Crippen LogP contribution in [-0.2, 0) is 9.84 Å². The molecule has 0 saturated carbocycles. The van der Waals surface area contributed by atoms with Crippen molar-refractivity contribution in [3.8, 4) is 0 Å². The van der Waals surface area contributed by atoms with Crippen molar-refractivity contribution in [3.63, 3.8) is 0 Å². The van der Waals surface area contributed by atoms with Crippen molar-refractivity contribution in [2.45, 2.75) is 30.7 Å². The first-order chi connectivity index (χ1) is 5.57. The number of aliphatic hydroxyl groups excluding tert-OH is 4. The number of ether oxygens (including phenoxy) is 1. The SMILES string of the molecule is [O]C1OC(CO)[C@@H](O)[C@@H](O)[C@H]1O. The van der Waals surface area contributed by atoms with Crippen molar-refractivity contribution in [1.82, 2.24) is 0 Å². The molecule has 5 atom stereocenters. The van der Waals surface area contributed by atoms with E-state index in [1.807, 2.05) is 0 Å². The molecule has 0 aromatic heterocycles. The molecule has 1 aliphatic heterocycles. The molecule has 0 bridgehead atoms. The monoisotopic (exact) mass is 179 g/mol. The van der Waals surface area contributed by atoms with E-state index in [4.69, 9.17) is 20.4 Å². The van der Waals surface area contributed by atoms with Crippen LogP contribution in [0.4, 0.5) is 0 Å². The van der Waals surface area contributed by atoms with Crippen LogP contribution in [0.15, 0.2) is 0 Å². The maximum atomic E-state index is 10.7. The van der Waals surface area contributed by atoms with Crippen molar-refractivity contribution in [1.29, 1.82) is 0 Å². The highest BCUT2D eigenvalue weighted by Crippen LogP contribution is 2.19. The Morgan fingerprint density at radius 2 is 1.67 bits per heavy atom. The number of aliphatic hydroxyl groups is 4. The highest BCUT2D eigenvalue weighted by Gasteiger charge is 2.43. The van der Waals surface area contributed by atoms with Gasteiger partial charge in [0.2, 0.25) is 6.29 Å². The molecule has 1 fully saturated rings. The average molecular weight is 179 g/mol. The van der Waals surface area contributed by atoms with Crippen molar-refractivity contribution < 1.29 is 30.3 Å². The lowest BCUT2D eigenvalue weighted by Crippen LogP contribution is -2.58. The van der Waals surface area contributed by atoms with Gasteiger partial charge in [0, 0.05) is 0 Å². The van der Waals surface area contributed by atoms with E-state index >= 15 is 0 Å². The Morgan fingerprint density at radius 3 is 2.17 bits per heavy atom. The van der Waals surface area contributed by atoms with Gasteiger partial charge in [0.25, 0.3) is 0 Å². The van der Waals surface area contributed by atoms with E-state index in [9.17, 15) is 5.11 Å². The summed E-state index contributed by atoms with van der Waals surface area (Å²) in [6.07, 6.45) is -7.57. The van der Waals surface area contributed by atoms with Gasteiger partial charge in [0.05, 0.1) is 6.61 Å². The Morgan fingerprint density at radius 1 is 1.08 bits per heavy atom. The summed E-state index contributed by atoms with van der Waals surface area (Å²) in [5.74, 6) is 0. The molecule has 6 heteroatoms. The van der Waals surface area contributed by atoms with E-state index in [0.717, 1.165) is 0 Å². The third-order valence-corrected chi connectivity index (χ3v) is 1.85. The van der Waals surface area contributed by atoms with Gasteiger partial charge in [-0.15, -0.1) is 0 Å². The minimum absolute atomic E-state index is 0.566. The molecule has 0 aliphatic carbocycles. The van der Waals surface area contributed by atoms with Crippen LogP contribution in [0.5, 0.6) is 0 Å². The van der Waals surface area contributed by atoms with Crippen molar-refractivity contribution in [2.24, 2.45) is 0 Å². The van der Waals surface area contributed by atoms with Crippen LogP contribution in [0.1, 0.15) is 0 Å². The first-order valence-electron chi connectivity index (χ1n) is 3.54. The van der Waals surface area contributed by atoms with Crippen LogP contribution in [0, 0.1) is 0 Å². The van der Waals surface area contributed by atoms with E-state index in [-0.39, 0.29) is 0 Å². The Bertz CT molecular complexity index is 146. The smallest absolute Gasteiger partial charge is 0.220 e. The van der Waals surface area contributed by atoms with Crippen LogP contribution >= 0.6 is 0 Å². The second kappa shape index (κ2) is 3.65. The zero-order chi connectivity index (χ0) is 9.30. The lowest BCUT2D eigenvalue weighted by Gasteiger charge is -2.36. The third-order valence-electron chi connectivity index (χ3n) is 1.85. The van der Waals surface area contributed by atoms with Crippen molar-refractivity contribution >= 4 is 0 Å². The highest BCUT2D eigenvalue weighted by molar-refractivity contribution is 4.87. The molecule has 0 spiro atoms. The lowest BCUT2D eigenvalue weighted by atomic mass is 10.00. The van der Waals surface area contributed by atoms with Gasteiger partial charge in [0.1, 0.15) is 24.4 Å². The molecule has 0 aromatic carbocycles. The van der Waals surface area contributed by atoms with Gasteiger partial charge in [-0.25, -0.2) is 0 Å². The topological polar surface area (TPSA) is 110 Å². The van der Waals surface area contributed by atoms with Gasteiger partial charge in [0.15, 0.2) is 0 Å². The minimum Gasteiger partial charge on any atom is -0.394 e. The molecule has 1 radical (unpaired) electrons. The summed E-state index contributed by atoms with van der Waals surface area (Å²) >= 11 is 0. The Labute approximate surface area is 68.6 Å². The highest BCUT2D eigenvalue weighted by atomic mass is 16.6. The number of rotatable bonds is 1. The van der Waals surface area contributed by atoms with Crippen LogP contribution in [0.3, 0.4) is 0 Å². The van der Waals surface area contributed by atoms with Crippen molar-refractivity contribution in [2.75, 3.05) is 6.61 Å². The van der Waals surface area contributed by atoms with Crippen molar-refractivity contribution in [3.05, 3.63) is 0 Å². The average Bonchev–Trinajstić information content (AvgIpc) is 2.08. The Kier molecular flexibility index (Phi) is 2.99. The zero-order valence-electron chi connectivity index (χ0n) is 6.20. The first-order valence-corrected chi connectivity index (χ1v) is 3.54. The van der Waals surface area contributed by atoms with E-state index in [0.29, 0.717) is 0 Å². The van der Waals surface area contributed by atoms with Gasteiger partial charge in [-0.1, -0.05) is 0 Å². The molecule has 12 heavy (non-hydrogen) atoms. The normalized spacial score (nSPS) is 49.2. The summed E-state index contributed by atoms with van der Waals surface area (Å²) in [6.45, 7) is -0.566. The maximum absolute atomic E-state index is 10.7. The minimum atomic E-state index is -1.82. The second-order valence-electron chi connectivity index (χ2n) is 2.70. The first kappa shape index (κ1) is 9.85. The molecule has 1 aliphatic rings. The van der Waals surface area contributed by atoms with Crippen LogP contribution in [0.2, 0.25) is 0 Å². The molecule has 4 N–H and O–H groups in total. The third kappa shape index (κ3) is 1.58. The van der Waals surface area contributed by atoms with Crippen LogP contribution < -0.4 is 0 Å². The quantitative estimate of drug-likeness (QED) is 0.348. The standard InChI is InChI=1S/C6H11O6/c7-1-2-3(8)4(9)5(10)6(11)12-2/h2-10H,1H2/t2?,3-,4-,5-,6?/m1/s1. The summed E-state index contributed by atoms with van der Waals surface area (Å²) in [5, 5.41) is 46.3. The predicted molar refractivity (Wildman–Crippen MR) is 34.5 cm³/mol. The van der Waals surface area contributed by atoms with E-state index in [1.165, 1.54) is 0 Å². The summed E-state index contributed by atoms with van der Waals surface area (Å²) in [6, 6.07) is 0. The molecular formula is C6H11O6. The molecule has 0 aromatic rings. The molecule has 6 nitrogen and oxygen atoms in total. The number of hydrogen-bond donors (Lipinski definition) is 4. The fraction of sp³-hybridized carbons (Fsp3) is 1.00. The molecule has 71 valence electrons. The van der Waals surface area contributed by atoms with Gasteiger partial charge >= 0.3 is 0 Å². The number of hydrogen-bond acceptors (Lipinski definition) is 5. The predicted octanol–water partition coefficient (Wildman–Crippen LogP) is -2.78. The summed E-state index contributed by atoms with van der Waals surface area (Å²) in [4.78, 5) is 0. The molecule has 1 saturated heterocycles. The van der Waals surface area contributed by atoms with E-state index in [1.54, 1.807) is 0 Å². The molecule has 1 rings (SSSR count). The fourth-order valence-electron chi connectivity index (χ4n) is 1.07. The van der Waals surface area contributed by atoms with Crippen LogP contribution in [0.25, 0.3) is 0 Å². The van der Waals surface area contributed by atoms with Gasteiger partial charge in [-0.3, -0.25) is 0 Å². The molecule has 1 heterocycles. The van der Waals surface area contributed by atoms with E-state index < -0.39 is 37.3 Å². The van der Waals surface area contributed by atoms with Crippen LogP contribution in [-0.4, -0.2) is 57.7 Å². The second-order valence-corrected chi connectivity index (χ2v) is 2.70. The Hall–Kier alpha value is -0.240. The molecule has 2 unspecified atom stereocenters. The summed E-state index contributed by atoms with van der Waals surface area (Å²) < 4.78 is 4.46. The summed E-state index contributed by atoms with van der Waals surface area (Å²) in [5.41, 5.74) is 0. The Balaban J connectivity index is 2.63. The molecular weight excluding hydrogens is 168 g/mol. The molecule has 0 amide bonds. The maximum Gasteiger partial charge on any atom is 0.220 e. The fourth-order valence-corrected chi connectivity index (χ4v) is 1.07.